The zero-order chi connectivity index (χ0) is 11.4. The average Bonchev–Trinajstić information content (AvgIpc) is 2.33. The van der Waals surface area contributed by atoms with Gasteiger partial charge in [0.15, 0.2) is 0 Å². The molecule has 0 atom stereocenters. The topological polar surface area (TPSA) is 47.0 Å². The summed E-state index contributed by atoms with van der Waals surface area (Å²) in [5.74, 6) is 1.57. The van der Waals surface area contributed by atoms with Crippen molar-refractivity contribution in [3.63, 3.8) is 0 Å². The second-order valence-corrected chi connectivity index (χ2v) is 4.21. The molecule has 0 spiro atoms. The van der Waals surface area contributed by atoms with E-state index in [1.807, 2.05) is 24.3 Å². The number of halogens is 1. The Labute approximate surface area is 107 Å². The summed E-state index contributed by atoms with van der Waals surface area (Å²) in [7, 11) is 1.64. The highest BCUT2D eigenvalue weighted by atomic mass is 127. The second-order valence-electron chi connectivity index (χ2n) is 3.04. The standard InChI is InChI=1S/C11H10IN3O/c1-16-10-5-3-2-4-9(10)15-11-8(12)6-13-7-14-11/h2-7H,1H3,(H,13,14,15). The van der Waals surface area contributed by atoms with Crippen molar-refractivity contribution < 1.29 is 4.74 Å². The number of aromatic nitrogens is 2. The highest BCUT2D eigenvalue weighted by Gasteiger charge is 2.05. The summed E-state index contributed by atoms with van der Waals surface area (Å²) in [6.07, 6.45) is 3.27. The molecule has 4 nitrogen and oxygen atoms in total. The van der Waals surface area contributed by atoms with E-state index in [2.05, 4.69) is 37.9 Å². The van der Waals surface area contributed by atoms with Crippen molar-refractivity contribution in [3.05, 3.63) is 40.4 Å². The largest absolute Gasteiger partial charge is 0.495 e. The van der Waals surface area contributed by atoms with E-state index >= 15 is 0 Å². The highest BCUT2D eigenvalue weighted by molar-refractivity contribution is 14.1. The quantitative estimate of drug-likeness (QED) is 0.881. The fraction of sp³-hybridized carbons (Fsp3) is 0.0909. The van der Waals surface area contributed by atoms with Crippen LogP contribution in [0.25, 0.3) is 0 Å². The van der Waals surface area contributed by atoms with Crippen LogP contribution in [0.4, 0.5) is 11.5 Å². The number of benzene rings is 1. The molecule has 1 aromatic carbocycles. The smallest absolute Gasteiger partial charge is 0.147 e. The molecule has 1 aromatic heterocycles. The fourth-order valence-electron chi connectivity index (χ4n) is 1.28. The molecule has 0 amide bonds. The SMILES string of the molecule is COc1ccccc1Nc1ncncc1I. The molecule has 0 unspecified atom stereocenters. The fourth-order valence-corrected chi connectivity index (χ4v) is 1.72. The Balaban J connectivity index is 2.30. The van der Waals surface area contributed by atoms with Crippen LogP contribution in [0.3, 0.4) is 0 Å². The van der Waals surface area contributed by atoms with Crippen molar-refractivity contribution in [1.29, 1.82) is 0 Å². The van der Waals surface area contributed by atoms with E-state index in [0.717, 1.165) is 20.8 Å². The van der Waals surface area contributed by atoms with Crippen LogP contribution in [-0.2, 0) is 0 Å². The zero-order valence-electron chi connectivity index (χ0n) is 8.64. The lowest BCUT2D eigenvalue weighted by Crippen LogP contribution is -1.98. The van der Waals surface area contributed by atoms with E-state index in [1.54, 1.807) is 13.3 Å². The molecule has 1 heterocycles. The van der Waals surface area contributed by atoms with E-state index in [-0.39, 0.29) is 0 Å². The first-order valence-electron chi connectivity index (χ1n) is 4.67. The Morgan fingerprint density at radius 2 is 2.12 bits per heavy atom. The number of nitrogens with one attached hydrogen (secondary N) is 1. The van der Waals surface area contributed by atoms with Crippen LogP contribution in [0.5, 0.6) is 5.75 Å². The lowest BCUT2D eigenvalue weighted by molar-refractivity contribution is 0.417. The first kappa shape index (κ1) is 11.1. The summed E-state index contributed by atoms with van der Waals surface area (Å²) in [6, 6.07) is 7.71. The Morgan fingerprint density at radius 3 is 2.88 bits per heavy atom. The van der Waals surface area contributed by atoms with E-state index in [0.29, 0.717) is 0 Å². The monoisotopic (exact) mass is 327 g/mol. The van der Waals surface area contributed by atoms with Gasteiger partial charge in [-0.2, -0.15) is 0 Å². The number of nitrogens with zero attached hydrogens (tertiary/aromatic N) is 2. The molecule has 2 rings (SSSR count). The maximum Gasteiger partial charge on any atom is 0.147 e. The molecule has 0 aliphatic rings. The van der Waals surface area contributed by atoms with Crippen LogP contribution >= 0.6 is 22.6 Å². The number of methoxy groups -OCH3 is 1. The molecule has 0 radical (unpaired) electrons. The van der Waals surface area contributed by atoms with Gasteiger partial charge >= 0.3 is 0 Å². The number of hydrogen-bond donors (Lipinski definition) is 1. The van der Waals surface area contributed by atoms with E-state index in [9.17, 15) is 0 Å². The predicted octanol–water partition coefficient (Wildman–Crippen LogP) is 2.83. The number of ether oxygens (including phenoxy) is 1. The van der Waals surface area contributed by atoms with Gasteiger partial charge in [-0.1, -0.05) is 12.1 Å². The van der Waals surface area contributed by atoms with Gasteiger partial charge in [-0.05, 0) is 34.7 Å². The number of hydrogen-bond acceptors (Lipinski definition) is 4. The Morgan fingerprint density at radius 1 is 1.31 bits per heavy atom. The molecule has 1 N–H and O–H groups in total. The second kappa shape index (κ2) is 5.11. The molecule has 0 aliphatic heterocycles. The molecule has 0 saturated heterocycles. The first-order valence-corrected chi connectivity index (χ1v) is 5.74. The molecule has 0 fully saturated rings. The van der Waals surface area contributed by atoms with Gasteiger partial charge in [-0.3, -0.25) is 0 Å². The minimum absolute atomic E-state index is 0.778. The van der Waals surface area contributed by atoms with Crippen LogP contribution in [0.2, 0.25) is 0 Å². The van der Waals surface area contributed by atoms with Crippen molar-refractivity contribution in [2.45, 2.75) is 0 Å². The van der Waals surface area contributed by atoms with Crippen molar-refractivity contribution in [2.75, 3.05) is 12.4 Å². The van der Waals surface area contributed by atoms with Gasteiger partial charge in [0.25, 0.3) is 0 Å². The Bertz CT molecular complexity index is 490. The zero-order valence-corrected chi connectivity index (χ0v) is 10.8. The molecular weight excluding hydrogens is 317 g/mol. The summed E-state index contributed by atoms with van der Waals surface area (Å²) in [4.78, 5) is 8.10. The van der Waals surface area contributed by atoms with Gasteiger partial charge in [0.1, 0.15) is 17.9 Å². The van der Waals surface area contributed by atoms with Gasteiger partial charge < -0.3 is 10.1 Å². The normalized spacial score (nSPS) is 9.88. The van der Waals surface area contributed by atoms with Crippen LogP contribution in [-0.4, -0.2) is 17.1 Å². The van der Waals surface area contributed by atoms with Gasteiger partial charge in [0.05, 0.1) is 16.4 Å². The third-order valence-corrected chi connectivity index (χ3v) is 2.82. The Kier molecular flexibility index (Phi) is 3.55. The summed E-state index contributed by atoms with van der Waals surface area (Å²) < 4.78 is 6.21. The minimum atomic E-state index is 0.778. The third-order valence-electron chi connectivity index (χ3n) is 2.03. The van der Waals surface area contributed by atoms with Crippen molar-refractivity contribution in [1.82, 2.24) is 9.97 Å². The minimum Gasteiger partial charge on any atom is -0.495 e. The molecule has 0 bridgehead atoms. The average molecular weight is 327 g/mol. The van der Waals surface area contributed by atoms with Crippen LogP contribution < -0.4 is 10.1 Å². The van der Waals surface area contributed by atoms with Crippen LogP contribution in [0.1, 0.15) is 0 Å². The first-order chi connectivity index (χ1) is 7.81. The van der Waals surface area contributed by atoms with Crippen LogP contribution in [0.15, 0.2) is 36.8 Å². The summed E-state index contributed by atoms with van der Waals surface area (Å²) >= 11 is 2.18. The van der Waals surface area contributed by atoms with E-state index in [4.69, 9.17) is 4.74 Å². The van der Waals surface area contributed by atoms with Gasteiger partial charge in [0, 0.05) is 6.20 Å². The van der Waals surface area contributed by atoms with Crippen molar-refractivity contribution in [3.8, 4) is 5.75 Å². The molecular formula is C11H10IN3O. The van der Waals surface area contributed by atoms with Crippen LogP contribution in [0, 0.1) is 3.57 Å². The number of rotatable bonds is 3. The molecule has 82 valence electrons. The number of para-hydroxylation sites is 2. The summed E-state index contributed by atoms with van der Waals surface area (Å²) in [5, 5.41) is 3.21. The van der Waals surface area contributed by atoms with Gasteiger partial charge in [0.2, 0.25) is 0 Å². The highest BCUT2D eigenvalue weighted by Crippen LogP contribution is 2.27. The predicted molar refractivity (Wildman–Crippen MR) is 71.0 cm³/mol. The number of anilines is 2. The lowest BCUT2D eigenvalue weighted by Gasteiger charge is -2.10. The maximum absolute atomic E-state index is 5.25. The third kappa shape index (κ3) is 2.41. The van der Waals surface area contributed by atoms with Crippen molar-refractivity contribution >= 4 is 34.1 Å². The van der Waals surface area contributed by atoms with E-state index in [1.165, 1.54) is 6.33 Å². The van der Waals surface area contributed by atoms with E-state index < -0.39 is 0 Å². The van der Waals surface area contributed by atoms with Gasteiger partial charge in [-0.25, -0.2) is 9.97 Å². The molecule has 2 aromatic rings. The maximum atomic E-state index is 5.25. The molecule has 16 heavy (non-hydrogen) atoms. The van der Waals surface area contributed by atoms with Gasteiger partial charge in [-0.15, -0.1) is 0 Å². The summed E-state index contributed by atoms with van der Waals surface area (Å²) in [5.41, 5.74) is 0.890. The van der Waals surface area contributed by atoms with Crippen molar-refractivity contribution in [2.24, 2.45) is 0 Å². The molecule has 5 heteroatoms. The summed E-state index contributed by atoms with van der Waals surface area (Å²) in [6.45, 7) is 0. The Hall–Kier alpha value is -1.37. The molecule has 0 aliphatic carbocycles. The lowest BCUT2D eigenvalue weighted by atomic mass is 10.3. The molecule has 0 saturated carbocycles.